The van der Waals surface area contributed by atoms with Crippen molar-refractivity contribution >= 4 is 56.0 Å². The molecule has 0 unspecified atom stereocenters. The van der Waals surface area contributed by atoms with Gasteiger partial charge in [-0.15, -0.1) is 0 Å². The molecule has 4 rings (SSSR count). The molecule has 2 N–H and O–H groups in total. The van der Waals surface area contributed by atoms with Crippen molar-refractivity contribution in [3.05, 3.63) is 83.4 Å². The molecule has 0 bridgehead atoms. The van der Waals surface area contributed by atoms with Gasteiger partial charge in [-0.3, -0.25) is 14.9 Å². The number of alkyl halides is 3. The van der Waals surface area contributed by atoms with Crippen molar-refractivity contribution < 1.29 is 32.3 Å². The molecule has 0 radical (unpaired) electrons. The van der Waals surface area contributed by atoms with Crippen LogP contribution in [0.3, 0.4) is 0 Å². The lowest BCUT2D eigenvalue weighted by Gasteiger charge is -2.18. The summed E-state index contributed by atoms with van der Waals surface area (Å²) < 4.78 is 45.0. The molecule has 12 heteroatoms. The van der Waals surface area contributed by atoms with Crippen LogP contribution in [0.15, 0.2) is 66.7 Å². The van der Waals surface area contributed by atoms with Crippen LogP contribution in [0.2, 0.25) is 0 Å². The van der Waals surface area contributed by atoms with E-state index in [4.69, 9.17) is 4.74 Å². The fourth-order valence-electron chi connectivity index (χ4n) is 3.65. The number of rotatable bonds is 5. The van der Waals surface area contributed by atoms with E-state index in [1.807, 2.05) is 0 Å². The van der Waals surface area contributed by atoms with E-state index in [0.29, 0.717) is 32.3 Å². The van der Waals surface area contributed by atoms with E-state index < -0.39 is 29.3 Å². The second-order valence-corrected chi connectivity index (χ2v) is 10.8. The number of carbonyl (C=O) groups is 3. The van der Waals surface area contributed by atoms with Crippen LogP contribution < -0.4 is 15.5 Å². The highest BCUT2D eigenvalue weighted by Crippen LogP contribution is 2.31. The van der Waals surface area contributed by atoms with E-state index in [0.717, 1.165) is 18.2 Å². The Hall–Kier alpha value is -4.45. The van der Waals surface area contributed by atoms with Crippen LogP contribution in [0, 0.1) is 0 Å². The van der Waals surface area contributed by atoms with Crippen molar-refractivity contribution in [1.29, 1.82) is 0 Å². The van der Waals surface area contributed by atoms with E-state index in [2.05, 4.69) is 15.6 Å². The molecule has 0 aliphatic rings. The van der Waals surface area contributed by atoms with Crippen LogP contribution in [0.25, 0.3) is 10.2 Å². The number of halogens is 3. The minimum absolute atomic E-state index is 0.150. The Balaban J connectivity index is 1.48. The summed E-state index contributed by atoms with van der Waals surface area (Å²) >= 11 is 1.19. The molecule has 8 nitrogen and oxygen atoms in total. The average molecular weight is 571 g/mol. The molecule has 1 aromatic heterocycles. The van der Waals surface area contributed by atoms with E-state index in [9.17, 15) is 27.6 Å². The van der Waals surface area contributed by atoms with E-state index in [1.54, 1.807) is 64.2 Å². The van der Waals surface area contributed by atoms with Crippen LogP contribution in [0.1, 0.15) is 47.1 Å². The number of thiazole rings is 1. The minimum atomic E-state index is -4.57. The van der Waals surface area contributed by atoms with Crippen molar-refractivity contribution in [3.8, 4) is 0 Å². The highest BCUT2D eigenvalue weighted by molar-refractivity contribution is 7.22. The van der Waals surface area contributed by atoms with Gasteiger partial charge in [-0.1, -0.05) is 23.5 Å². The van der Waals surface area contributed by atoms with Crippen LogP contribution in [-0.2, 0) is 10.9 Å². The number of carbonyl (C=O) groups excluding carboxylic acids is 3. The molecule has 208 valence electrons. The Morgan fingerprint density at radius 2 is 1.62 bits per heavy atom. The second kappa shape index (κ2) is 11.0. The van der Waals surface area contributed by atoms with Crippen molar-refractivity contribution in [2.45, 2.75) is 32.5 Å². The number of hydrogen-bond acceptors (Lipinski definition) is 6. The molecule has 0 fully saturated rings. The first kappa shape index (κ1) is 28.6. The smallest absolute Gasteiger partial charge is 0.416 e. The van der Waals surface area contributed by atoms with Crippen LogP contribution in [0.5, 0.6) is 0 Å². The third kappa shape index (κ3) is 6.94. The van der Waals surface area contributed by atoms with Gasteiger partial charge in [0, 0.05) is 29.5 Å². The van der Waals surface area contributed by atoms with Crippen LogP contribution >= 0.6 is 11.3 Å². The fourth-order valence-corrected chi connectivity index (χ4v) is 4.54. The number of hydrogen-bond donors (Lipinski definition) is 2. The van der Waals surface area contributed by atoms with Crippen LogP contribution in [0.4, 0.5) is 34.5 Å². The van der Waals surface area contributed by atoms with Crippen LogP contribution in [-0.4, -0.2) is 35.5 Å². The topological polar surface area (TPSA) is 101 Å². The SMILES string of the molecule is CN(C(=O)c1ccc2nc(NC(=O)OC(C)(C)C)sc2c1)c1cccc(NC(=O)c2cccc(C(F)(F)F)c2)c1. The van der Waals surface area contributed by atoms with Crippen molar-refractivity contribution in [2.75, 3.05) is 22.6 Å². The Labute approximate surface area is 231 Å². The predicted octanol–water partition coefficient (Wildman–Crippen LogP) is 7.19. The molecule has 0 saturated heterocycles. The van der Waals surface area contributed by atoms with Gasteiger partial charge in [0.05, 0.1) is 15.8 Å². The molecule has 0 aliphatic carbocycles. The molecular formula is C28H25F3N4O4S. The highest BCUT2D eigenvalue weighted by atomic mass is 32.1. The van der Waals surface area contributed by atoms with Gasteiger partial charge in [0.1, 0.15) is 5.60 Å². The lowest BCUT2D eigenvalue weighted by atomic mass is 10.1. The summed E-state index contributed by atoms with van der Waals surface area (Å²) in [5.74, 6) is -1.07. The molecule has 0 aliphatic heterocycles. The quantitative estimate of drug-likeness (QED) is 0.265. The molecule has 0 atom stereocenters. The average Bonchev–Trinajstić information content (AvgIpc) is 3.27. The summed E-state index contributed by atoms with van der Waals surface area (Å²) in [5.41, 5.74) is -0.0364. The number of amides is 3. The number of anilines is 3. The Morgan fingerprint density at radius 1 is 0.900 bits per heavy atom. The summed E-state index contributed by atoms with van der Waals surface area (Å²) in [6, 6.07) is 15.4. The number of ether oxygens (including phenoxy) is 1. The van der Waals surface area contributed by atoms with E-state index in [-0.39, 0.29) is 11.5 Å². The third-order valence-electron chi connectivity index (χ3n) is 5.49. The Bertz CT molecular complexity index is 1590. The maximum Gasteiger partial charge on any atom is 0.416 e. The molecule has 0 spiro atoms. The number of fused-ring (bicyclic) bond motifs is 1. The maximum atomic E-state index is 13.2. The molecule has 3 aromatic carbocycles. The Kier molecular flexibility index (Phi) is 7.83. The largest absolute Gasteiger partial charge is 0.444 e. The molecule has 1 heterocycles. The zero-order valence-corrected chi connectivity index (χ0v) is 22.7. The first-order valence-electron chi connectivity index (χ1n) is 12.0. The summed E-state index contributed by atoms with van der Waals surface area (Å²) in [7, 11) is 1.56. The second-order valence-electron chi connectivity index (χ2n) is 9.78. The standard InChI is InChI=1S/C28H25F3N4O4S/c1-27(2,3)39-26(38)34-25-33-21-12-11-17(14-22(21)40-25)24(37)35(4)20-10-6-9-19(15-20)32-23(36)16-7-5-8-18(13-16)28(29,30)31/h5-15H,1-4H3,(H,32,36)(H,33,34,38). The summed E-state index contributed by atoms with van der Waals surface area (Å²) in [5, 5.41) is 5.49. The number of nitrogens with one attached hydrogen (secondary N) is 2. The maximum absolute atomic E-state index is 13.2. The zero-order valence-electron chi connectivity index (χ0n) is 21.9. The number of benzene rings is 3. The fraction of sp³-hybridized carbons (Fsp3) is 0.214. The monoisotopic (exact) mass is 570 g/mol. The van der Waals surface area contributed by atoms with Gasteiger partial charge in [0.25, 0.3) is 11.8 Å². The Morgan fingerprint density at radius 3 is 2.33 bits per heavy atom. The van der Waals surface area contributed by atoms with Crippen molar-refractivity contribution in [2.24, 2.45) is 0 Å². The lowest BCUT2D eigenvalue weighted by molar-refractivity contribution is -0.137. The third-order valence-corrected chi connectivity index (χ3v) is 6.42. The van der Waals surface area contributed by atoms with Crippen molar-refractivity contribution in [1.82, 2.24) is 4.98 Å². The number of aromatic nitrogens is 1. The zero-order chi connectivity index (χ0) is 29.2. The molecule has 40 heavy (non-hydrogen) atoms. The highest BCUT2D eigenvalue weighted by Gasteiger charge is 2.31. The number of nitrogens with zero attached hydrogens (tertiary/aromatic N) is 2. The first-order valence-corrected chi connectivity index (χ1v) is 12.8. The summed E-state index contributed by atoms with van der Waals surface area (Å²) in [4.78, 5) is 43.6. The van der Waals surface area contributed by atoms with Gasteiger partial charge in [0.15, 0.2) is 5.13 Å². The molecule has 4 aromatic rings. The van der Waals surface area contributed by atoms with Gasteiger partial charge in [0.2, 0.25) is 0 Å². The lowest BCUT2D eigenvalue weighted by Crippen LogP contribution is -2.27. The summed E-state index contributed by atoms with van der Waals surface area (Å²) in [6.45, 7) is 5.25. The van der Waals surface area contributed by atoms with Gasteiger partial charge >= 0.3 is 12.3 Å². The van der Waals surface area contributed by atoms with Crippen molar-refractivity contribution in [3.63, 3.8) is 0 Å². The van der Waals surface area contributed by atoms with Gasteiger partial charge in [-0.25, -0.2) is 9.78 Å². The molecular weight excluding hydrogens is 545 g/mol. The van der Waals surface area contributed by atoms with Gasteiger partial charge in [-0.05, 0) is 75.4 Å². The van der Waals surface area contributed by atoms with E-state index >= 15 is 0 Å². The van der Waals surface area contributed by atoms with E-state index in [1.165, 1.54) is 28.4 Å². The molecule has 0 saturated carbocycles. The molecule has 3 amide bonds. The first-order chi connectivity index (χ1) is 18.7. The predicted molar refractivity (Wildman–Crippen MR) is 148 cm³/mol. The van der Waals surface area contributed by atoms with Gasteiger partial charge in [-0.2, -0.15) is 13.2 Å². The normalized spacial score (nSPS) is 11.7. The summed E-state index contributed by atoms with van der Waals surface area (Å²) in [6.07, 6.45) is -5.21. The minimum Gasteiger partial charge on any atom is -0.444 e. The van der Waals surface area contributed by atoms with Gasteiger partial charge < -0.3 is 15.0 Å².